The zero-order valence-electron chi connectivity index (χ0n) is 13.2. The lowest BCUT2D eigenvalue weighted by atomic mass is 9.99. The normalized spacial score (nSPS) is 12.3. The number of esters is 1. The maximum atomic E-state index is 13.1. The molecule has 0 radical (unpaired) electrons. The lowest BCUT2D eigenvalue weighted by Gasteiger charge is -2.19. The Morgan fingerprint density at radius 2 is 1.84 bits per heavy atom. The molecule has 0 spiro atoms. The SMILES string of the molecule is COC(=O)[C@H](Cc1ccccc1C(F)(F)F)NC(=O)c1ccccn1. The Bertz CT molecular complexity index is 748. The molecule has 8 heteroatoms. The molecular formula is C17H15F3N2O3. The Morgan fingerprint density at radius 3 is 2.44 bits per heavy atom. The van der Waals surface area contributed by atoms with Crippen LogP contribution in [-0.4, -0.2) is 30.0 Å². The highest BCUT2D eigenvalue weighted by Gasteiger charge is 2.34. The lowest BCUT2D eigenvalue weighted by Crippen LogP contribution is -2.43. The molecular weight excluding hydrogens is 337 g/mol. The number of rotatable bonds is 5. The van der Waals surface area contributed by atoms with E-state index in [1.165, 1.54) is 30.5 Å². The Morgan fingerprint density at radius 1 is 1.16 bits per heavy atom. The molecule has 1 aromatic heterocycles. The van der Waals surface area contributed by atoms with E-state index in [1.807, 2.05) is 0 Å². The molecule has 0 aliphatic carbocycles. The number of nitrogens with one attached hydrogen (secondary N) is 1. The summed E-state index contributed by atoms with van der Waals surface area (Å²) in [5, 5.41) is 2.37. The van der Waals surface area contributed by atoms with Crippen LogP contribution in [0.2, 0.25) is 0 Å². The summed E-state index contributed by atoms with van der Waals surface area (Å²) in [5.41, 5.74) is -0.941. The first kappa shape index (κ1) is 18.4. The van der Waals surface area contributed by atoms with E-state index in [2.05, 4.69) is 15.0 Å². The molecule has 1 aromatic carbocycles. The first-order chi connectivity index (χ1) is 11.8. The Labute approximate surface area is 141 Å². The van der Waals surface area contributed by atoms with Crippen LogP contribution in [0.5, 0.6) is 0 Å². The number of pyridine rings is 1. The molecule has 0 fully saturated rings. The number of carbonyl (C=O) groups is 2. The van der Waals surface area contributed by atoms with Gasteiger partial charge in [0.15, 0.2) is 0 Å². The molecule has 1 heterocycles. The molecule has 2 aromatic rings. The van der Waals surface area contributed by atoms with Gasteiger partial charge in [-0.15, -0.1) is 0 Å². The second-order valence-corrected chi connectivity index (χ2v) is 5.12. The van der Waals surface area contributed by atoms with Gasteiger partial charge in [-0.05, 0) is 23.8 Å². The number of methoxy groups -OCH3 is 1. The number of alkyl halides is 3. The van der Waals surface area contributed by atoms with E-state index in [0.717, 1.165) is 13.2 Å². The van der Waals surface area contributed by atoms with Crippen molar-refractivity contribution in [1.82, 2.24) is 10.3 Å². The number of benzene rings is 1. The van der Waals surface area contributed by atoms with E-state index >= 15 is 0 Å². The molecule has 2 rings (SSSR count). The molecule has 132 valence electrons. The third-order valence-electron chi connectivity index (χ3n) is 3.44. The van der Waals surface area contributed by atoms with Gasteiger partial charge in [0.05, 0.1) is 12.7 Å². The van der Waals surface area contributed by atoms with Gasteiger partial charge in [0, 0.05) is 12.6 Å². The van der Waals surface area contributed by atoms with E-state index in [4.69, 9.17) is 0 Å². The van der Waals surface area contributed by atoms with E-state index in [1.54, 1.807) is 12.1 Å². The van der Waals surface area contributed by atoms with Gasteiger partial charge in [0.2, 0.25) is 0 Å². The van der Waals surface area contributed by atoms with Crippen molar-refractivity contribution in [2.75, 3.05) is 7.11 Å². The molecule has 1 amide bonds. The Kier molecular flexibility index (Phi) is 5.74. The van der Waals surface area contributed by atoms with Gasteiger partial charge in [0.25, 0.3) is 5.91 Å². The summed E-state index contributed by atoms with van der Waals surface area (Å²) in [6, 6.07) is 8.19. The van der Waals surface area contributed by atoms with E-state index in [0.29, 0.717) is 0 Å². The second-order valence-electron chi connectivity index (χ2n) is 5.12. The number of hydrogen-bond acceptors (Lipinski definition) is 4. The van der Waals surface area contributed by atoms with Crippen molar-refractivity contribution < 1.29 is 27.5 Å². The first-order valence-corrected chi connectivity index (χ1v) is 7.27. The minimum absolute atomic E-state index is 0.0421. The molecule has 0 aliphatic heterocycles. The maximum absolute atomic E-state index is 13.1. The van der Waals surface area contributed by atoms with Crippen LogP contribution in [0.4, 0.5) is 13.2 Å². The van der Waals surface area contributed by atoms with Gasteiger partial charge in [-0.1, -0.05) is 24.3 Å². The van der Waals surface area contributed by atoms with Crippen molar-refractivity contribution in [2.24, 2.45) is 0 Å². The van der Waals surface area contributed by atoms with E-state index < -0.39 is 29.7 Å². The van der Waals surface area contributed by atoms with Crippen molar-refractivity contribution in [3.63, 3.8) is 0 Å². The standard InChI is InChI=1S/C17H15F3N2O3/c1-25-16(24)14(22-15(23)13-8-4-5-9-21-13)10-11-6-2-3-7-12(11)17(18,19)20/h2-9,14H,10H2,1H3,(H,22,23)/t14-/m0/s1. The van der Waals surface area contributed by atoms with Gasteiger partial charge in [-0.2, -0.15) is 13.2 Å². The number of aromatic nitrogens is 1. The fourth-order valence-electron chi connectivity index (χ4n) is 2.26. The summed E-state index contributed by atoms with van der Waals surface area (Å²) in [5.74, 6) is -1.53. The van der Waals surface area contributed by atoms with Crippen molar-refractivity contribution in [1.29, 1.82) is 0 Å². The third kappa shape index (κ3) is 4.79. The maximum Gasteiger partial charge on any atom is 0.416 e. The zero-order valence-corrected chi connectivity index (χ0v) is 13.2. The predicted molar refractivity (Wildman–Crippen MR) is 82.7 cm³/mol. The van der Waals surface area contributed by atoms with Crippen LogP contribution in [0.1, 0.15) is 21.6 Å². The highest BCUT2D eigenvalue weighted by Crippen LogP contribution is 2.32. The molecule has 0 saturated carbocycles. The molecule has 25 heavy (non-hydrogen) atoms. The molecule has 0 bridgehead atoms. The average Bonchev–Trinajstić information content (AvgIpc) is 2.60. The third-order valence-corrected chi connectivity index (χ3v) is 3.44. The predicted octanol–water partition coefficient (Wildman–Crippen LogP) is 2.61. The lowest BCUT2D eigenvalue weighted by molar-refractivity contribution is -0.144. The fraction of sp³-hybridized carbons (Fsp3) is 0.235. The summed E-state index contributed by atoms with van der Waals surface area (Å²) >= 11 is 0. The summed E-state index contributed by atoms with van der Waals surface area (Å²) < 4.78 is 43.9. The number of halogens is 3. The quantitative estimate of drug-likeness (QED) is 0.840. The number of hydrogen-bond donors (Lipinski definition) is 1. The highest BCUT2D eigenvalue weighted by molar-refractivity contribution is 5.95. The molecule has 0 unspecified atom stereocenters. The minimum atomic E-state index is -4.57. The topological polar surface area (TPSA) is 68.3 Å². The zero-order chi connectivity index (χ0) is 18.4. The van der Waals surface area contributed by atoms with Gasteiger partial charge < -0.3 is 10.1 Å². The Balaban J connectivity index is 2.25. The van der Waals surface area contributed by atoms with Crippen LogP contribution in [0.15, 0.2) is 48.7 Å². The number of ether oxygens (including phenoxy) is 1. The van der Waals surface area contributed by atoms with Crippen LogP contribution < -0.4 is 5.32 Å². The number of nitrogens with zero attached hydrogens (tertiary/aromatic N) is 1. The average molecular weight is 352 g/mol. The highest BCUT2D eigenvalue weighted by atomic mass is 19.4. The van der Waals surface area contributed by atoms with E-state index in [-0.39, 0.29) is 17.7 Å². The minimum Gasteiger partial charge on any atom is -0.467 e. The van der Waals surface area contributed by atoms with Crippen LogP contribution in [0, 0.1) is 0 Å². The first-order valence-electron chi connectivity index (χ1n) is 7.27. The summed E-state index contributed by atoms with van der Waals surface area (Å²) in [7, 11) is 1.10. The van der Waals surface area contributed by atoms with Crippen LogP contribution >= 0.6 is 0 Å². The van der Waals surface area contributed by atoms with Crippen molar-refractivity contribution in [2.45, 2.75) is 18.6 Å². The smallest absolute Gasteiger partial charge is 0.416 e. The molecule has 1 N–H and O–H groups in total. The van der Waals surface area contributed by atoms with Gasteiger partial charge in [-0.3, -0.25) is 9.78 Å². The number of carbonyl (C=O) groups excluding carboxylic acids is 2. The van der Waals surface area contributed by atoms with E-state index in [9.17, 15) is 22.8 Å². The van der Waals surface area contributed by atoms with Crippen molar-refractivity contribution >= 4 is 11.9 Å². The van der Waals surface area contributed by atoms with Gasteiger partial charge in [0.1, 0.15) is 11.7 Å². The van der Waals surface area contributed by atoms with Crippen molar-refractivity contribution in [3.05, 3.63) is 65.5 Å². The van der Waals surface area contributed by atoms with Gasteiger partial charge >= 0.3 is 12.1 Å². The molecule has 0 aliphatic rings. The Hall–Kier alpha value is -2.90. The largest absolute Gasteiger partial charge is 0.467 e. The second kappa shape index (κ2) is 7.78. The van der Waals surface area contributed by atoms with Crippen molar-refractivity contribution in [3.8, 4) is 0 Å². The summed E-state index contributed by atoms with van der Waals surface area (Å²) in [6.07, 6.45) is -3.54. The van der Waals surface area contributed by atoms with Crippen LogP contribution in [0.3, 0.4) is 0 Å². The monoisotopic (exact) mass is 352 g/mol. The molecule has 5 nitrogen and oxygen atoms in total. The molecule has 1 atom stereocenters. The summed E-state index contributed by atoms with van der Waals surface area (Å²) in [4.78, 5) is 27.9. The number of amides is 1. The van der Waals surface area contributed by atoms with Gasteiger partial charge in [-0.25, -0.2) is 4.79 Å². The fourth-order valence-corrected chi connectivity index (χ4v) is 2.26. The van der Waals surface area contributed by atoms with Crippen LogP contribution in [0.25, 0.3) is 0 Å². The summed E-state index contributed by atoms with van der Waals surface area (Å²) in [6.45, 7) is 0. The molecule has 0 saturated heterocycles. The van der Waals surface area contributed by atoms with Crippen LogP contribution in [-0.2, 0) is 22.1 Å².